The van der Waals surface area contributed by atoms with Crippen molar-refractivity contribution in [1.29, 1.82) is 5.41 Å². The van der Waals surface area contributed by atoms with Crippen LogP contribution in [-0.4, -0.2) is 230 Å². The van der Waals surface area contributed by atoms with Gasteiger partial charge in [0.25, 0.3) is 5.91 Å². The van der Waals surface area contributed by atoms with E-state index in [1.165, 1.54) is 23.5 Å². The van der Waals surface area contributed by atoms with Gasteiger partial charge in [-0.15, -0.1) is 0 Å². The number of halogens is 3. The lowest BCUT2D eigenvalue weighted by Gasteiger charge is -2.30. The van der Waals surface area contributed by atoms with E-state index in [2.05, 4.69) is 62.6 Å². The number of aromatic nitrogens is 2. The molecule has 10 amide bonds. The summed E-state index contributed by atoms with van der Waals surface area (Å²) in [7, 11) is 0. The van der Waals surface area contributed by atoms with E-state index in [9.17, 15) is 71.0 Å². The van der Waals surface area contributed by atoms with Gasteiger partial charge < -0.3 is 124 Å². The van der Waals surface area contributed by atoms with Crippen molar-refractivity contribution in [1.82, 2.24) is 68.0 Å². The van der Waals surface area contributed by atoms with Gasteiger partial charge in [-0.2, -0.15) is 13.2 Å². The van der Waals surface area contributed by atoms with E-state index in [-0.39, 0.29) is 109 Å². The van der Waals surface area contributed by atoms with Crippen LogP contribution in [0.4, 0.5) is 13.2 Å². The lowest BCUT2D eigenvalue weighted by Crippen LogP contribution is -2.64. The Labute approximate surface area is 548 Å². The fraction of sp³-hybridized carbons (Fsp3) is 0.696. The molecule has 0 aromatic carbocycles. The first-order valence-electron chi connectivity index (χ1n) is 31.6. The molecule has 95 heavy (non-hydrogen) atoms. The SMILES string of the molecule is N=C(N)NCC/C=C(\NC(=O)[C@H](CCCCN)NC(=O)C(Cc1cnc[nH]1)NC(=O)[C@@H]1CCCN1C(=O)[C@@H](CCCN)NC(=O)CNC(=O)[C@@H](NC(=O)[C@@H](NC(=O)C(N)CCCCN)[C@H](CN)OC(=O)C(F)(F)F)[C@@H](O)CN)C(=O)N[C@@H](CCCCN)C(=O)NCCCCN. The standard InChI is InChI=1S/C56H100F3N23O13/c57-56(58,59)54(94)95-41(28-66)44(81-45(85)33(67)12-1-4-18-60)52(92)80-43(40(83)27-65)51(91)73-30-42(84)75-37(15-9-22-64)53(93)82-25-11-17-39(82)50(90)79-38(26-32-29-70-31-74-32)49(89)78-35(14-3-6-20-62)47(87)77-36(16-10-24-72-55(68)69)48(88)76-34(13-2-5-19-61)46(86)71-23-8-7-21-63/h16,29,31,33-35,37-41,43-44,83H,1-15,17-28,30,60-67H2,(H,70,74)(H,71,86)(H,73,91)(H,75,84)(H,76,88)(H,77,87)(H,78,89)(H,79,90)(H,80,92)(H,81,85)(H4,68,69,72)/b36-16-/t33?,34-,35-,37+,38?,39-,40-,41-,43-,44-/m0/s1. The zero-order chi connectivity index (χ0) is 71.0. The van der Waals surface area contributed by atoms with Gasteiger partial charge in [-0.25, -0.2) is 9.78 Å². The van der Waals surface area contributed by atoms with E-state index in [1.807, 2.05) is 5.32 Å². The Morgan fingerprint density at radius 3 is 1.84 bits per heavy atom. The second-order valence-corrected chi connectivity index (χ2v) is 22.3. The molecular formula is C56H100F3N23O13. The normalized spacial score (nSPS) is 16.0. The van der Waals surface area contributed by atoms with Crippen molar-refractivity contribution < 1.29 is 75.8 Å². The Bertz CT molecular complexity index is 2650. The summed E-state index contributed by atoms with van der Waals surface area (Å²) in [6.07, 6.45) is -1.70. The van der Waals surface area contributed by atoms with E-state index in [0.29, 0.717) is 70.2 Å². The van der Waals surface area contributed by atoms with Gasteiger partial charge >= 0.3 is 12.1 Å². The van der Waals surface area contributed by atoms with Crippen molar-refractivity contribution in [3.63, 3.8) is 0 Å². The summed E-state index contributed by atoms with van der Waals surface area (Å²) in [5, 5.41) is 43.2. The number of aromatic amines is 1. The van der Waals surface area contributed by atoms with Gasteiger partial charge in [0.2, 0.25) is 53.2 Å². The summed E-state index contributed by atoms with van der Waals surface area (Å²) in [5.41, 5.74) is 51.1. The molecule has 1 aromatic rings. The molecule has 1 aliphatic rings. The van der Waals surface area contributed by atoms with Crippen LogP contribution in [-0.2, 0) is 63.9 Å². The smallest absolute Gasteiger partial charge is 0.452 e. The number of ether oxygens (including phenoxy) is 1. The van der Waals surface area contributed by atoms with Crippen molar-refractivity contribution in [2.24, 2.45) is 51.6 Å². The number of amides is 10. The number of likely N-dealkylation sites (tertiary alicyclic amines) is 1. The van der Waals surface area contributed by atoms with Crippen LogP contribution in [0.1, 0.15) is 108 Å². The highest BCUT2D eigenvalue weighted by Gasteiger charge is 2.46. The first-order valence-corrected chi connectivity index (χ1v) is 31.6. The van der Waals surface area contributed by atoms with Crippen LogP contribution in [0.3, 0.4) is 0 Å². The number of guanidine groups is 1. The number of carbonyl (C=O) groups is 11. The van der Waals surface area contributed by atoms with Crippen molar-refractivity contribution in [3.05, 3.63) is 30.0 Å². The molecule has 2 heterocycles. The summed E-state index contributed by atoms with van der Waals surface area (Å²) in [6, 6.07) is -12.3. The molecule has 39 heteroatoms. The molecule has 0 radical (unpaired) electrons. The minimum atomic E-state index is -5.58. The molecule has 2 rings (SSSR count). The van der Waals surface area contributed by atoms with Crippen LogP contribution in [0.2, 0.25) is 0 Å². The molecule has 36 nitrogen and oxygen atoms in total. The van der Waals surface area contributed by atoms with E-state index in [4.69, 9.17) is 57.0 Å². The number of nitrogens with zero attached hydrogens (tertiary/aromatic N) is 2. The van der Waals surface area contributed by atoms with Gasteiger partial charge in [0, 0.05) is 51.0 Å². The third-order valence-electron chi connectivity index (χ3n) is 14.8. The first kappa shape index (κ1) is 82.9. The van der Waals surface area contributed by atoms with Gasteiger partial charge in [-0.05, 0) is 129 Å². The number of esters is 1. The van der Waals surface area contributed by atoms with E-state index < -0.39 is 151 Å². The third-order valence-corrected chi connectivity index (χ3v) is 14.8. The van der Waals surface area contributed by atoms with Gasteiger partial charge in [-0.3, -0.25) is 53.4 Å². The number of aliphatic hydroxyl groups is 1. The largest absolute Gasteiger partial charge is 0.490 e. The number of nitrogens with one attached hydrogen (secondary N) is 12. The molecule has 10 atom stereocenters. The number of hydrogen-bond donors (Lipinski definition) is 22. The fourth-order valence-electron chi connectivity index (χ4n) is 9.58. The zero-order valence-electron chi connectivity index (χ0n) is 53.4. The highest BCUT2D eigenvalue weighted by molar-refractivity contribution is 6.02. The fourth-order valence-corrected chi connectivity index (χ4v) is 9.58. The molecule has 0 spiro atoms. The van der Waals surface area contributed by atoms with Gasteiger partial charge in [0.05, 0.1) is 25.0 Å². The maximum atomic E-state index is 14.5. The third kappa shape index (κ3) is 30.8. The maximum absolute atomic E-state index is 14.5. The van der Waals surface area contributed by atoms with E-state index in [0.717, 1.165) is 0 Å². The lowest BCUT2D eigenvalue weighted by atomic mass is 10.0. The molecular weight excluding hydrogens is 1260 g/mol. The van der Waals surface area contributed by atoms with E-state index >= 15 is 0 Å². The van der Waals surface area contributed by atoms with Crippen LogP contribution >= 0.6 is 0 Å². The number of alkyl halides is 3. The predicted molar refractivity (Wildman–Crippen MR) is 339 cm³/mol. The number of rotatable bonds is 47. The molecule has 0 aliphatic carbocycles. The molecule has 1 saturated heterocycles. The lowest BCUT2D eigenvalue weighted by molar-refractivity contribution is -0.205. The summed E-state index contributed by atoms with van der Waals surface area (Å²) in [6.45, 7) is -1.18. The summed E-state index contributed by atoms with van der Waals surface area (Å²) in [5.74, 6) is -12.8. The molecule has 538 valence electrons. The monoisotopic (exact) mass is 1360 g/mol. The van der Waals surface area contributed by atoms with Crippen LogP contribution in [0, 0.1) is 5.41 Å². The number of nitrogens with two attached hydrogens (primary N) is 9. The maximum Gasteiger partial charge on any atom is 0.490 e. The number of H-pyrrole nitrogens is 1. The van der Waals surface area contributed by atoms with Crippen LogP contribution in [0.5, 0.6) is 0 Å². The van der Waals surface area contributed by atoms with E-state index in [1.54, 1.807) is 0 Å². The number of carbonyl (C=O) groups excluding carboxylic acids is 11. The zero-order valence-corrected chi connectivity index (χ0v) is 53.4. The summed E-state index contributed by atoms with van der Waals surface area (Å²) < 4.78 is 44.4. The molecule has 1 fully saturated rings. The Hall–Kier alpha value is -8.18. The Morgan fingerprint density at radius 2 is 1.26 bits per heavy atom. The van der Waals surface area contributed by atoms with Gasteiger partial charge in [0.15, 0.2) is 5.96 Å². The van der Waals surface area contributed by atoms with Crippen LogP contribution in [0.15, 0.2) is 24.3 Å². The quantitative estimate of drug-likeness (QED) is 0.00947. The van der Waals surface area contributed by atoms with Crippen LogP contribution < -0.4 is 105 Å². The minimum absolute atomic E-state index is 0.00687. The molecule has 1 aliphatic heterocycles. The van der Waals surface area contributed by atoms with Crippen molar-refractivity contribution >= 4 is 71.0 Å². The molecule has 31 N–H and O–H groups in total. The van der Waals surface area contributed by atoms with Gasteiger partial charge in [-0.1, -0.05) is 12.5 Å². The van der Waals surface area contributed by atoms with Gasteiger partial charge in [0.1, 0.15) is 54.1 Å². The Morgan fingerprint density at radius 1 is 0.663 bits per heavy atom. The van der Waals surface area contributed by atoms with Crippen LogP contribution in [0.25, 0.3) is 0 Å². The van der Waals surface area contributed by atoms with Crippen molar-refractivity contribution in [3.8, 4) is 0 Å². The number of imidazole rings is 1. The molecule has 0 bridgehead atoms. The van der Waals surface area contributed by atoms with Crippen molar-refractivity contribution in [2.45, 2.75) is 176 Å². The summed E-state index contributed by atoms with van der Waals surface area (Å²) in [4.78, 5) is 159. The number of hydrogen-bond acceptors (Lipinski definition) is 23. The average Bonchev–Trinajstić information content (AvgIpc) is 1.83. The highest BCUT2D eigenvalue weighted by atomic mass is 19.4. The minimum Gasteiger partial charge on any atom is -0.452 e. The Kier molecular flexibility index (Phi) is 39.5. The van der Waals surface area contributed by atoms with Crippen molar-refractivity contribution in [2.75, 3.05) is 72.0 Å². The highest BCUT2D eigenvalue weighted by Crippen LogP contribution is 2.22. The Balaban J connectivity index is 2.43. The second kappa shape index (κ2) is 45.2. The first-order chi connectivity index (χ1) is 45.2. The molecule has 1 aromatic heterocycles. The second-order valence-electron chi connectivity index (χ2n) is 22.3. The number of aliphatic hydroxyl groups excluding tert-OH is 1. The molecule has 0 saturated carbocycles. The number of unbranched alkanes of at least 4 members (excludes halogenated alkanes) is 4. The topological polar surface area (TPSA) is 627 Å². The molecule has 2 unspecified atom stereocenters. The summed E-state index contributed by atoms with van der Waals surface area (Å²) >= 11 is 0. The average molecular weight is 1360 g/mol. The predicted octanol–water partition coefficient (Wildman–Crippen LogP) is -8.10.